The van der Waals surface area contributed by atoms with Crippen LogP contribution in [0.4, 0.5) is 5.69 Å². The number of Topliss-reactive ketones (excluding diaryl/α,β-unsaturated/α-hetero) is 2. The number of ketones is 2. The Bertz CT molecular complexity index is 1520. The van der Waals surface area contributed by atoms with Crippen molar-refractivity contribution in [1.82, 2.24) is 4.90 Å². The number of carbonyl (C=O) groups is 4. The highest BCUT2D eigenvalue weighted by Crippen LogP contribution is 2.56. The Balaban J connectivity index is 1.61. The van der Waals surface area contributed by atoms with E-state index < -0.39 is 92.8 Å². The van der Waals surface area contributed by atoms with Gasteiger partial charge < -0.3 is 42.3 Å². The van der Waals surface area contributed by atoms with Gasteiger partial charge in [-0.2, -0.15) is 0 Å². The first kappa shape index (κ1) is 31.6. The Kier molecular flexibility index (Phi) is 7.68. The molecule has 1 saturated carbocycles. The van der Waals surface area contributed by atoms with Gasteiger partial charge in [-0.1, -0.05) is 32.3 Å². The third kappa shape index (κ3) is 4.28. The molecule has 238 valence electrons. The van der Waals surface area contributed by atoms with Crippen molar-refractivity contribution in [3.05, 3.63) is 45.9 Å². The minimum absolute atomic E-state index is 0.0734. The van der Waals surface area contributed by atoms with E-state index in [-0.39, 0.29) is 17.2 Å². The number of anilines is 1. The van der Waals surface area contributed by atoms with Crippen LogP contribution in [0.3, 0.4) is 0 Å². The average Bonchev–Trinajstić information content (AvgIpc) is 2.96. The van der Waals surface area contributed by atoms with Crippen molar-refractivity contribution in [1.29, 1.82) is 0 Å². The van der Waals surface area contributed by atoms with Crippen LogP contribution in [-0.2, 0) is 14.4 Å². The fraction of sp³-hybridized carbons (Fsp3) is 0.548. The number of primary amides is 1. The summed E-state index contributed by atoms with van der Waals surface area (Å²) >= 11 is 0. The lowest BCUT2D eigenvalue weighted by molar-refractivity contribution is -0.162. The van der Waals surface area contributed by atoms with Crippen LogP contribution in [-0.4, -0.2) is 91.2 Å². The quantitative estimate of drug-likeness (QED) is 0.172. The molecule has 4 aliphatic rings. The normalized spacial score (nSPS) is 32.1. The maximum absolute atomic E-state index is 14.1. The van der Waals surface area contributed by atoms with Crippen LogP contribution in [0.15, 0.2) is 34.8 Å². The Morgan fingerprint density at radius 2 is 1.70 bits per heavy atom. The second-order valence-corrected chi connectivity index (χ2v) is 13.0. The topological polar surface area (TPSA) is 237 Å². The van der Waals surface area contributed by atoms with Gasteiger partial charge >= 0.3 is 0 Å². The van der Waals surface area contributed by atoms with Crippen molar-refractivity contribution in [3.8, 4) is 5.75 Å². The van der Waals surface area contributed by atoms with E-state index in [4.69, 9.17) is 11.5 Å². The van der Waals surface area contributed by atoms with Crippen LogP contribution in [0.1, 0.15) is 67.8 Å². The van der Waals surface area contributed by atoms with E-state index in [9.17, 15) is 44.7 Å². The fourth-order valence-electron chi connectivity index (χ4n) is 7.87. The van der Waals surface area contributed by atoms with Gasteiger partial charge in [0.1, 0.15) is 17.1 Å². The summed E-state index contributed by atoms with van der Waals surface area (Å²) in [5, 5.41) is 59.9. The zero-order chi connectivity index (χ0) is 32.6. The third-order valence-electron chi connectivity index (χ3n) is 10.3. The molecule has 0 bridgehead atoms. The number of hydrogen-bond acceptors (Lipinski definition) is 11. The fourth-order valence-corrected chi connectivity index (χ4v) is 7.87. The monoisotopic (exact) mass is 612 g/mol. The van der Waals surface area contributed by atoms with Gasteiger partial charge in [-0.15, -0.1) is 0 Å². The number of phenols is 1. The number of phenolic OH excluding ortho intramolecular Hbond substituents is 1. The van der Waals surface area contributed by atoms with Crippen LogP contribution >= 0.6 is 0 Å². The lowest BCUT2D eigenvalue weighted by Gasteiger charge is -2.53. The highest BCUT2D eigenvalue weighted by atomic mass is 16.4. The third-order valence-corrected chi connectivity index (χ3v) is 10.3. The first-order valence-corrected chi connectivity index (χ1v) is 14.8. The van der Waals surface area contributed by atoms with Gasteiger partial charge in [-0.05, 0) is 57.3 Å². The van der Waals surface area contributed by atoms with Gasteiger partial charge in [0.15, 0.2) is 17.1 Å². The molecule has 13 heteroatoms. The molecule has 0 heterocycles. The number of nitrogens with zero attached hydrogens (tertiary/aromatic N) is 1. The molecule has 5 rings (SSSR count). The highest BCUT2D eigenvalue weighted by Gasteiger charge is 2.67. The van der Waals surface area contributed by atoms with Gasteiger partial charge in [0.05, 0.1) is 34.9 Å². The van der Waals surface area contributed by atoms with E-state index in [2.05, 4.69) is 5.32 Å². The summed E-state index contributed by atoms with van der Waals surface area (Å²) in [6.07, 6.45) is 2.84. The van der Waals surface area contributed by atoms with Crippen LogP contribution in [0.25, 0.3) is 0 Å². The van der Waals surface area contributed by atoms with Gasteiger partial charge in [-0.25, -0.2) is 0 Å². The largest absolute Gasteiger partial charge is 0.510 e. The van der Waals surface area contributed by atoms with E-state index in [1.165, 1.54) is 31.1 Å². The molecule has 4 aliphatic carbocycles. The first-order valence-electron chi connectivity index (χ1n) is 14.8. The first-order chi connectivity index (χ1) is 20.5. The molecule has 0 radical (unpaired) electrons. The molecule has 2 amide bonds. The van der Waals surface area contributed by atoms with Gasteiger partial charge in [0.2, 0.25) is 11.7 Å². The van der Waals surface area contributed by atoms with E-state index in [1.54, 1.807) is 13.8 Å². The summed E-state index contributed by atoms with van der Waals surface area (Å²) in [5.41, 5.74) is 5.97. The molecule has 0 aliphatic heterocycles. The zero-order valence-corrected chi connectivity index (χ0v) is 25.1. The minimum Gasteiger partial charge on any atom is -0.510 e. The number of amides is 2. The van der Waals surface area contributed by atoms with Crippen molar-refractivity contribution in [2.45, 2.75) is 75.2 Å². The molecular weight excluding hydrogens is 572 g/mol. The van der Waals surface area contributed by atoms with Crippen molar-refractivity contribution in [2.24, 2.45) is 29.2 Å². The molecule has 13 nitrogen and oxygen atoms in total. The zero-order valence-electron chi connectivity index (χ0n) is 25.1. The molecule has 1 aromatic rings. The number of likely N-dealkylation sites (N-methyl/N-ethyl adjacent to an activating group) is 1. The minimum atomic E-state index is -3.01. The van der Waals surface area contributed by atoms with Crippen LogP contribution < -0.4 is 16.8 Å². The molecule has 10 N–H and O–H groups in total. The number of aliphatic hydroxyl groups excluding tert-OH is 3. The Morgan fingerprint density at radius 3 is 2.27 bits per heavy atom. The van der Waals surface area contributed by atoms with Crippen molar-refractivity contribution in [2.75, 3.05) is 19.4 Å². The summed E-state index contributed by atoms with van der Waals surface area (Å²) < 4.78 is 0. The van der Waals surface area contributed by atoms with Crippen LogP contribution in [0, 0.1) is 17.8 Å². The summed E-state index contributed by atoms with van der Waals surface area (Å²) in [6, 6.07) is 1.59. The van der Waals surface area contributed by atoms with E-state index >= 15 is 0 Å². The van der Waals surface area contributed by atoms with Crippen LogP contribution in [0.5, 0.6) is 5.75 Å². The molecule has 0 saturated heterocycles. The lowest BCUT2D eigenvalue weighted by atomic mass is 9.55. The molecule has 5 unspecified atom stereocenters. The molecule has 1 fully saturated rings. The maximum atomic E-state index is 14.1. The number of hydrogen-bond donors (Lipinski definition) is 8. The lowest BCUT2D eigenvalue weighted by Crippen LogP contribution is -2.68. The van der Waals surface area contributed by atoms with Gasteiger partial charge in [0.25, 0.3) is 5.91 Å². The summed E-state index contributed by atoms with van der Waals surface area (Å²) in [6.45, 7) is 3.26. The molecule has 0 aromatic heterocycles. The second kappa shape index (κ2) is 10.7. The number of aliphatic hydroxyl groups is 4. The highest BCUT2D eigenvalue weighted by molar-refractivity contribution is 6.25. The van der Waals surface area contributed by atoms with Crippen molar-refractivity contribution >= 4 is 29.1 Å². The van der Waals surface area contributed by atoms with Gasteiger partial charge in [0, 0.05) is 11.5 Å². The predicted molar refractivity (Wildman–Crippen MR) is 158 cm³/mol. The number of aromatic hydroxyl groups is 1. The average molecular weight is 613 g/mol. The predicted octanol–water partition coefficient (Wildman–Crippen LogP) is 0.889. The number of rotatable bonds is 5. The Morgan fingerprint density at radius 1 is 1.09 bits per heavy atom. The van der Waals surface area contributed by atoms with E-state index in [1.807, 2.05) is 0 Å². The molecule has 0 spiro atoms. The summed E-state index contributed by atoms with van der Waals surface area (Å²) in [4.78, 5) is 54.4. The Hall–Kier alpha value is -3.78. The van der Waals surface area contributed by atoms with E-state index in [0.29, 0.717) is 5.56 Å². The number of fused-ring (bicyclic) bond motifs is 3. The number of benzene rings is 1. The number of carbonyl (C=O) groups excluding carboxylic acids is 4. The molecule has 44 heavy (non-hydrogen) atoms. The second-order valence-electron chi connectivity index (χ2n) is 13.0. The Labute approximate surface area is 254 Å². The summed E-state index contributed by atoms with van der Waals surface area (Å²) in [7, 11) is 2.94. The molecular formula is C31H40N4O9. The SMILES string of the molecule is CC1c2ccc(NC(=O)[C@](C)(N)C3CCCCC3)c(O)c2C(=O)C2=C(O)C3(O)C(=O)C(C(N)=O)=C(O)[C@@H](N(C)C)C3C(O)C21. The number of nitrogens with one attached hydrogen (secondary N) is 1. The van der Waals surface area contributed by atoms with Crippen LogP contribution in [0.2, 0.25) is 0 Å². The maximum Gasteiger partial charge on any atom is 0.255 e. The number of nitrogens with two attached hydrogens (primary N) is 2. The van der Waals surface area contributed by atoms with Crippen molar-refractivity contribution in [3.63, 3.8) is 0 Å². The smallest absolute Gasteiger partial charge is 0.255 e. The van der Waals surface area contributed by atoms with E-state index in [0.717, 1.165) is 32.1 Å². The standard InChI is InChI=1S/C31H40N4O9/c1-12-14-10-11-15(34-29(43)30(2,33)13-8-6-5-7-9-13)22(36)17(14)23(37)18-16(12)24(38)20-21(35(3)4)25(39)19(28(32)42)27(41)31(20,44)26(18)40/h10-13,16,20-21,24,36,38-40,44H,5-9,33H2,1-4H3,(H2,32,42)(H,34,43)/t12?,16?,20?,21-,24?,30+,31?/m0/s1. The van der Waals surface area contributed by atoms with Gasteiger partial charge in [-0.3, -0.25) is 24.1 Å². The molecule has 1 aromatic carbocycles. The van der Waals surface area contributed by atoms with Crippen molar-refractivity contribution < 1.29 is 44.7 Å². The molecule has 7 atom stereocenters. The summed E-state index contributed by atoms with van der Waals surface area (Å²) in [5.74, 6) is -10.5.